The molecule has 1 aliphatic rings. The molecule has 4 nitrogen and oxygen atoms in total. The summed E-state index contributed by atoms with van der Waals surface area (Å²) in [6.07, 6.45) is 0.730. The summed E-state index contributed by atoms with van der Waals surface area (Å²) in [6.45, 7) is 4.36. The van der Waals surface area contributed by atoms with E-state index in [1.807, 2.05) is 13.8 Å². The van der Waals surface area contributed by atoms with Gasteiger partial charge in [-0.25, -0.2) is 0 Å². The number of rotatable bonds is 2. The minimum absolute atomic E-state index is 0.0297. The summed E-state index contributed by atoms with van der Waals surface area (Å²) in [5, 5.41) is 2.71. The lowest BCUT2D eigenvalue weighted by Gasteiger charge is -2.23. The van der Waals surface area contributed by atoms with Gasteiger partial charge >= 0.3 is 0 Å². The van der Waals surface area contributed by atoms with Gasteiger partial charge in [0.25, 0.3) is 0 Å². The molecule has 13 heavy (non-hydrogen) atoms. The van der Waals surface area contributed by atoms with Crippen LogP contribution in [-0.2, 0) is 9.59 Å². The third-order valence-electron chi connectivity index (χ3n) is 2.33. The Kier molecular flexibility index (Phi) is 2.90. The Bertz CT molecular complexity index is 226. The number of hydrogen-bond donors (Lipinski definition) is 1. The summed E-state index contributed by atoms with van der Waals surface area (Å²) in [7, 11) is 1.69. The van der Waals surface area contributed by atoms with Crippen LogP contribution in [0.3, 0.4) is 0 Å². The molecule has 1 unspecified atom stereocenters. The highest BCUT2D eigenvalue weighted by Gasteiger charge is 2.31. The molecule has 1 heterocycles. The molecule has 0 spiro atoms. The summed E-state index contributed by atoms with van der Waals surface area (Å²) in [6, 6.07) is -0.255. The first-order valence-corrected chi connectivity index (χ1v) is 4.58. The van der Waals surface area contributed by atoms with E-state index in [1.165, 1.54) is 0 Å². The van der Waals surface area contributed by atoms with E-state index in [1.54, 1.807) is 11.9 Å². The average molecular weight is 184 g/mol. The molecule has 0 aromatic heterocycles. The number of nitrogens with zero attached hydrogens (tertiary/aromatic N) is 1. The van der Waals surface area contributed by atoms with E-state index in [2.05, 4.69) is 5.32 Å². The Morgan fingerprint density at radius 3 is 2.62 bits per heavy atom. The Labute approximate surface area is 78.3 Å². The summed E-state index contributed by atoms with van der Waals surface area (Å²) in [5.74, 6) is -0.0445. The number of carbonyl (C=O) groups is 2. The van der Waals surface area contributed by atoms with E-state index in [0.29, 0.717) is 6.54 Å². The molecule has 0 saturated carbocycles. The number of carbonyl (C=O) groups excluding carboxylic acids is 2. The van der Waals surface area contributed by atoms with Crippen molar-refractivity contribution >= 4 is 11.8 Å². The molecule has 1 atom stereocenters. The maximum absolute atomic E-state index is 11.5. The van der Waals surface area contributed by atoms with E-state index in [4.69, 9.17) is 0 Å². The van der Waals surface area contributed by atoms with E-state index >= 15 is 0 Å². The second-order valence-corrected chi connectivity index (χ2v) is 3.70. The standard InChI is InChI=1S/C9H16N2O2/c1-6(2)9(13)11(3)7-4-5-10-8(7)12/h6-7H,4-5H2,1-3H3,(H,10,12). The normalized spacial score (nSPS) is 21.8. The zero-order valence-corrected chi connectivity index (χ0v) is 8.33. The predicted octanol–water partition coefficient (Wildman–Crippen LogP) is -0.0107. The molecule has 1 aliphatic heterocycles. The van der Waals surface area contributed by atoms with Gasteiger partial charge < -0.3 is 10.2 Å². The van der Waals surface area contributed by atoms with Crippen LogP contribution in [0.1, 0.15) is 20.3 Å². The van der Waals surface area contributed by atoms with Crippen LogP contribution in [0.2, 0.25) is 0 Å². The minimum atomic E-state index is -0.255. The van der Waals surface area contributed by atoms with Gasteiger partial charge in [-0.15, -0.1) is 0 Å². The molecule has 1 fully saturated rings. The van der Waals surface area contributed by atoms with Crippen molar-refractivity contribution < 1.29 is 9.59 Å². The second-order valence-electron chi connectivity index (χ2n) is 3.70. The Morgan fingerprint density at radius 2 is 2.23 bits per heavy atom. The van der Waals surface area contributed by atoms with Gasteiger partial charge in [-0.3, -0.25) is 9.59 Å². The van der Waals surface area contributed by atoms with Crippen molar-refractivity contribution in [1.29, 1.82) is 0 Å². The molecule has 0 radical (unpaired) electrons. The Balaban J connectivity index is 2.61. The van der Waals surface area contributed by atoms with Crippen LogP contribution >= 0.6 is 0 Å². The van der Waals surface area contributed by atoms with E-state index < -0.39 is 0 Å². The smallest absolute Gasteiger partial charge is 0.242 e. The number of amides is 2. The van der Waals surface area contributed by atoms with Gasteiger partial charge in [0.1, 0.15) is 6.04 Å². The van der Waals surface area contributed by atoms with Crippen LogP contribution in [0.4, 0.5) is 0 Å². The maximum Gasteiger partial charge on any atom is 0.242 e. The third-order valence-corrected chi connectivity index (χ3v) is 2.33. The van der Waals surface area contributed by atoms with E-state index in [-0.39, 0.29) is 23.8 Å². The molecule has 74 valence electrons. The SMILES string of the molecule is CC(C)C(=O)N(C)C1CCNC1=O. The predicted molar refractivity (Wildman–Crippen MR) is 49.0 cm³/mol. The highest BCUT2D eigenvalue weighted by atomic mass is 16.2. The monoisotopic (exact) mass is 184 g/mol. The van der Waals surface area contributed by atoms with Crippen LogP contribution in [0.25, 0.3) is 0 Å². The molecule has 2 amide bonds. The first-order valence-electron chi connectivity index (χ1n) is 4.58. The van der Waals surface area contributed by atoms with Gasteiger partial charge in [-0.2, -0.15) is 0 Å². The van der Waals surface area contributed by atoms with Crippen molar-refractivity contribution in [3.05, 3.63) is 0 Å². The quantitative estimate of drug-likeness (QED) is 0.656. The molecule has 0 aliphatic carbocycles. The van der Waals surface area contributed by atoms with E-state index in [0.717, 1.165) is 6.42 Å². The largest absolute Gasteiger partial charge is 0.354 e. The highest BCUT2D eigenvalue weighted by molar-refractivity contribution is 5.89. The van der Waals surface area contributed by atoms with E-state index in [9.17, 15) is 9.59 Å². The summed E-state index contributed by atoms with van der Waals surface area (Å²) < 4.78 is 0. The Morgan fingerprint density at radius 1 is 1.62 bits per heavy atom. The topological polar surface area (TPSA) is 49.4 Å². The lowest BCUT2D eigenvalue weighted by molar-refractivity contribution is -0.139. The fraction of sp³-hybridized carbons (Fsp3) is 0.778. The fourth-order valence-electron chi connectivity index (χ4n) is 1.51. The van der Waals surface area contributed by atoms with Crippen molar-refractivity contribution in [1.82, 2.24) is 10.2 Å². The van der Waals surface area contributed by atoms with Crippen LogP contribution in [0.15, 0.2) is 0 Å². The molecule has 4 heteroatoms. The second kappa shape index (κ2) is 3.77. The molecule has 0 bridgehead atoms. The average Bonchev–Trinajstić information content (AvgIpc) is 2.48. The number of nitrogens with one attached hydrogen (secondary N) is 1. The summed E-state index contributed by atoms with van der Waals surface area (Å²) >= 11 is 0. The Hall–Kier alpha value is -1.06. The molecule has 0 aromatic rings. The van der Waals surface area contributed by atoms with Crippen molar-refractivity contribution in [3.63, 3.8) is 0 Å². The maximum atomic E-state index is 11.5. The van der Waals surface area contributed by atoms with Crippen LogP contribution in [0, 0.1) is 5.92 Å². The summed E-state index contributed by atoms with van der Waals surface area (Å²) in [4.78, 5) is 24.3. The van der Waals surface area contributed by atoms with Crippen LogP contribution in [-0.4, -0.2) is 36.3 Å². The van der Waals surface area contributed by atoms with Gasteiger partial charge in [0.2, 0.25) is 11.8 Å². The fourth-order valence-corrected chi connectivity index (χ4v) is 1.51. The number of likely N-dealkylation sites (N-methyl/N-ethyl adjacent to an activating group) is 1. The molecule has 1 rings (SSSR count). The van der Waals surface area contributed by atoms with Gasteiger partial charge in [0.05, 0.1) is 0 Å². The lowest BCUT2D eigenvalue weighted by Crippen LogP contribution is -2.43. The van der Waals surface area contributed by atoms with Crippen molar-refractivity contribution in [3.8, 4) is 0 Å². The van der Waals surface area contributed by atoms with Crippen molar-refractivity contribution in [2.75, 3.05) is 13.6 Å². The first-order chi connectivity index (χ1) is 6.04. The van der Waals surface area contributed by atoms with Gasteiger partial charge in [-0.1, -0.05) is 13.8 Å². The van der Waals surface area contributed by atoms with Crippen LogP contribution in [0.5, 0.6) is 0 Å². The molecular formula is C9H16N2O2. The van der Waals surface area contributed by atoms with Crippen molar-refractivity contribution in [2.45, 2.75) is 26.3 Å². The minimum Gasteiger partial charge on any atom is -0.354 e. The molecule has 1 saturated heterocycles. The first kappa shape index (κ1) is 10.0. The molecule has 0 aromatic carbocycles. The highest BCUT2D eigenvalue weighted by Crippen LogP contribution is 2.10. The van der Waals surface area contributed by atoms with Gasteiger partial charge in [0, 0.05) is 19.5 Å². The number of hydrogen-bond acceptors (Lipinski definition) is 2. The van der Waals surface area contributed by atoms with Gasteiger partial charge in [-0.05, 0) is 6.42 Å². The molecule has 1 N–H and O–H groups in total. The zero-order chi connectivity index (χ0) is 10.0. The van der Waals surface area contributed by atoms with Crippen molar-refractivity contribution in [2.24, 2.45) is 5.92 Å². The van der Waals surface area contributed by atoms with Gasteiger partial charge in [0.15, 0.2) is 0 Å². The third kappa shape index (κ3) is 1.99. The summed E-state index contributed by atoms with van der Waals surface area (Å²) in [5.41, 5.74) is 0. The van der Waals surface area contributed by atoms with Crippen LogP contribution < -0.4 is 5.32 Å². The molecular weight excluding hydrogens is 168 g/mol. The lowest BCUT2D eigenvalue weighted by atomic mass is 10.1. The zero-order valence-electron chi connectivity index (χ0n) is 8.33.